The predicted octanol–water partition coefficient (Wildman–Crippen LogP) is 9.15. The van der Waals surface area contributed by atoms with Crippen molar-refractivity contribution in [3.8, 4) is 16.9 Å². The molecule has 0 saturated heterocycles. The SMILES string of the molecule is CC(C)(C)NC1CCC(OC(=O)Nc2cc(C=CCCOc3ccc(CCNC(=O)OC(C)(C)C)cc3)ccc2-c2ccccc2)CC1. The molecule has 8 nitrogen and oxygen atoms in total. The molecule has 0 atom stereocenters. The van der Waals surface area contributed by atoms with Gasteiger partial charge >= 0.3 is 12.2 Å². The molecule has 3 N–H and O–H groups in total. The van der Waals surface area contributed by atoms with Crippen molar-refractivity contribution in [3.05, 3.63) is 90.0 Å². The second-order valence-corrected chi connectivity index (χ2v) is 14.4. The molecule has 3 aromatic carbocycles. The average molecular weight is 656 g/mol. The van der Waals surface area contributed by atoms with Gasteiger partial charge in [-0.2, -0.15) is 0 Å². The summed E-state index contributed by atoms with van der Waals surface area (Å²) in [6, 6.07) is 24.5. The van der Waals surface area contributed by atoms with Gasteiger partial charge in [0.05, 0.1) is 12.3 Å². The molecular weight excluding hydrogens is 602 g/mol. The Morgan fingerprint density at radius 1 is 0.854 bits per heavy atom. The van der Waals surface area contributed by atoms with E-state index >= 15 is 0 Å². The maximum Gasteiger partial charge on any atom is 0.411 e. The predicted molar refractivity (Wildman–Crippen MR) is 194 cm³/mol. The Balaban J connectivity index is 1.27. The lowest BCUT2D eigenvalue weighted by Gasteiger charge is -2.34. The molecule has 0 heterocycles. The van der Waals surface area contributed by atoms with Gasteiger partial charge in [-0.05, 0) is 115 Å². The van der Waals surface area contributed by atoms with Crippen molar-refractivity contribution < 1.29 is 23.8 Å². The number of nitrogens with one attached hydrogen (secondary N) is 3. The fourth-order valence-electron chi connectivity index (χ4n) is 5.71. The second kappa shape index (κ2) is 17.2. The largest absolute Gasteiger partial charge is 0.493 e. The number of ether oxygens (including phenoxy) is 3. The van der Waals surface area contributed by atoms with Crippen LogP contribution in [0, 0.1) is 0 Å². The van der Waals surface area contributed by atoms with E-state index in [4.69, 9.17) is 14.2 Å². The summed E-state index contributed by atoms with van der Waals surface area (Å²) in [6.45, 7) is 13.1. The molecule has 4 rings (SSSR count). The number of anilines is 1. The zero-order valence-electron chi connectivity index (χ0n) is 29.4. The molecule has 2 amide bonds. The Hall–Kier alpha value is -4.30. The maximum absolute atomic E-state index is 13.1. The molecule has 1 aliphatic rings. The highest BCUT2D eigenvalue weighted by Gasteiger charge is 2.26. The fraction of sp³-hybridized carbons (Fsp3) is 0.450. The molecule has 0 radical (unpaired) electrons. The summed E-state index contributed by atoms with van der Waals surface area (Å²) in [5.41, 5.74) is 4.33. The molecule has 0 unspecified atom stereocenters. The van der Waals surface area contributed by atoms with Gasteiger partial charge in [0.2, 0.25) is 0 Å². The van der Waals surface area contributed by atoms with Crippen molar-refractivity contribution in [2.45, 2.75) is 103 Å². The Morgan fingerprint density at radius 2 is 1.56 bits per heavy atom. The van der Waals surface area contributed by atoms with Crippen molar-refractivity contribution >= 4 is 23.9 Å². The standard InChI is InChI=1S/C40H53N3O5/c1-39(2,3)43-32-18-22-34(23-19-32)47-38(45)42-36-28-30(17-24-35(36)31-13-8-7-9-14-31)12-10-11-27-46-33-20-15-29(16-21-33)25-26-41-37(44)48-40(4,5)6/h7-10,12-17,20-21,24,28,32,34,43H,11,18-19,22-23,25-27H2,1-6H3,(H,41,44)(H,42,45). The number of amides is 2. The second-order valence-electron chi connectivity index (χ2n) is 14.4. The van der Waals surface area contributed by atoms with E-state index in [0.717, 1.165) is 60.1 Å². The summed E-state index contributed by atoms with van der Waals surface area (Å²) in [7, 11) is 0. The van der Waals surface area contributed by atoms with Crippen LogP contribution >= 0.6 is 0 Å². The third-order valence-electron chi connectivity index (χ3n) is 7.82. The first-order valence-electron chi connectivity index (χ1n) is 17.1. The molecule has 0 aromatic heterocycles. The molecule has 0 bridgehead atoms. The van der Waals surface area contributed by atoms with Crippen LogP contribution < -0.4 is 20.7 Å². The number of alkyl carbamates (subject to hydrolysis) is 1. The maximum atomic E-state index is 13.1. The highest BCUT2D eigenvalue weighted by atomic mass is 16.6. The molecular formula is C40H53N3O5. The van der Waals surface area contributed by atoms with E-state index in [9.17, 15) is 9.59 Å². The lowest BCUT2D eigenvalue weighted by molar-refractivity contribution is 0.0528. The van der Waals surface area contributed by atoms with Gasteiger partial charge in [-0.15, -0.1) is 0 Å². The van der Waals surface area contributed by atoms with Gasteiger partial charge in [-0.3, -0.25) is 5.32 Å². The topological polar surface area (TPSA) is 97.9 Å². The average Bonchev–Trinajstić information content (AvgIpc) is 3.01. The van der Waals surface area contributed by atoms with E-state index in [1.54, 1.807) is 0 Å². The van der Waals surface area contributed by atoms with Crippen molar-refractivity contribution in [2.75, 3.05) is 18.5 Å². The molecule has 48 heavy (non-hydrogen) atoms. The number of hydrogen-bond acceptors (Lipinski definition) is 6. The Kier molecular flexibility index (Phi) is 13.1. The zero-order valence-corrected chi connectivity index (χ0v) is 29.4. The molecule has 0 spiro atoms. The van der Waals surface area contributed by atoms with E-state index in [2.05, 4.69) is 48.9 Å². The molecule has 1 saturated carbocycles. The first-order valence-corrected chi connectivity index (χ1v) is 17.1. The van der Waals surface area contributed by atoms with Crippen LogP contribution in [0.15, 0.2) is 78.9 Å². The Morgan fingerprint density at radius 3 is 2.23 bits per heavy atom. The number of hydrogen-bond donors (Lipinski definition) is 3. The van der Waals surface area contributed by atoms with Crippen LogP contribution in [0.3, 0.4) is 0 Å². The van der Waals surface area contributed by atoms with Crippen molar-refractivity contribution in [3.63, 3.8) is 0 Å². The van der Waals surface area contributed by atoms with Crippen LogP contribution in [0.1, 0.15) is 84.8 Å². The lowest BCUT2D eigenvalue weighted by Crippen LogP contribution is -2.46. The van der Waals surface area contributed by atoms with Crippen LogP contribution in [0.25, 0.3) is 17.2 Å². The van der Waals surface area contributed by atoms with Crippen LogP contribution in [-0.4, -0.2) is 48.6 Å². The minimum atomic E-state index is -0.509. The summed E-state index contributed by atoms with van der Waals surface area (Å²) >= 11 is 0. The van der Waals surface area contributed by atoms with Gasteiger partial charge in [0.15, 0.2) is 0 Å². The van der Waals surface area contributed by atoms with Crippen molar-refractivity contribution in [1.29, 1.82) is 0 Å². The van der Waals surface area contributed by atoms with Gasteiger partial charge in [0.25, 0.3) is 0 Å². The Labute approximate surface area is 286 Å². The number of rotatable bonds is 12. The van der Waals surface area contributed by atoms with E-state index in [1.807, 2.05) is 93.6 Å². The molecule has 8 heteroatoms. The van der Waals surface area contributed by atoms with Crippen LogP contribution in [-0.2, 0) is 15.9 Å². The van der Waals surface area contributed by atoms with E-state index in [1.165, 1.54) is 0 Å². The monoisotopic (exact) mass is 655 g/mol. The normalized spacial score (nSPS) is 16.7. The number of carbonyl (C=O) groups is 2. The van der Waals surface area contributed by atoms with Gasteiger partial charge in [0.1, 0.15) is 17.5 Å². The summed E-state index contributed by atoms with van der Waals surface area (Å²) < 4.78 is 17.1. The van der Waals surface area contributed by atoms with Gasteiger partial charge in [0, 0.05) is 23.7 Å². The first-order chi connectivity index (χ1) is 22.8. The summed E-state index contributed by atoms with van der Waals surface area (Å²) in [5, 5.41) is 9.49. The van der Waals surface area contributed by atoms with E-state index in [0.29, 0.717) is 31.3 Å². The van der Waals surface area contributed by atoms with Crippen LogP contribution in [0.5, 0.6) is 5.75 Å². The molecule has 258 valence electrons. The summed E-state index contributed by atoms with van der Waals surface area (Å²) in [6.07, 6.45) is 8.33. The van der Waals surface area contributed by atoms with Crippen molar-refractivity contribution in [2.24, 2.45) is 0 Å². The van der Waals surface area contributed by atoms with E-state index < -0.39 is 17.8 Å². The van der Waals surface area contributed by atoms with Gasteiger partial charge in [-0.25, -0.2) is 9.59 Å². The quantitative estimate of drug-likeness (QED) is 0.168. The minimum Gasteiger partial charge on any atom is -0.493 e. The Bertz CT molecular complexity index is 1480. The lowest BCUT2D eigenvalue weighted by atomic mass is 9.91. The third-order valence-corrected chi connectivity index (χ3v) is 7.82. The highest BCUT2D eigenvalue weighted by molar-refractivity contribution is 5.92. The fourth-order valence-corrected chi connectivity index (χ4v) is 5.71. The first kappa shape index (κ1) is 36.5. The van der Waals surface area contributed by atoms with Crippen LogP contribution in [0.4, 0.5) is 15.3 Å². The third kappa shape index (κ3) is 13.1. The smallest absolute Gasteiger partial charge is 0.411 e. The molecule has 0 aliphatic heterocycles. The summed E-state index contributed by atoms with van der Waals surface area (Å²) in [5.74, 6) is 0.795. The number of carbonyl (C=O) groups excluding carboxylic acids is 2. The highest BCUT2D eigenvalue weighted by Crippen LogP contribution is 2.30. The van der Waals surface area contributed by atoms with Crippen LogP contribution in [0.2, 0.25) is 0 Å². The van der Waals surface area contributed by atoms with Gasteiger partial charge in [-0.1, -0.05) is 66.7 Å². The van der Waals surface area contributed by atoms with E-state index in [-0.39, 0.29) is 11.6 Å². The van der Waals surface area contributed by atoms with Gasteiger partial charge < -0.3 is 24.8 Å². The summed E-state index contributed by atoms with van der Waals surface area (Å²) in [4.78, 5) is 24.9. The minimum absolute atomic E-state index is 0.0774. The zero-order chi connectivity index (χ0) is 34.6. The molecule has 1 aliphatic carbocycles. The molecule has 3 aromatic rings. The molecule has 1 fully saturated rings. The number of benzene rings is 3. The van der Waals surface area contributed by atoms with Crippen molar-refractivity contribution in [1.82, 2.24) is 10.6 Å².